The minimum absolute atomic E-state index is 0.00736. The molecular weight excluding hydrogens is 366 g/mol. The van der Waals surface area contributed by atoms with Gasteiger partial charge in [0.1, 0.15) is 5.00 Å². The van der Waals surface area contributed by atoms with E-state index in [0.717, 1.165) is 42.5 Å². The van der Waals surface area contributed by atoms with Crippen LogP contribution in [0.4, 0.5) is 5.00 Å². The number of esters is 1. The second kappa shape index (κ2) is 7.43. The van der Waals surface area contributed by atoms with Gasteiger partial charge in [-0.3, -0.25) is 4.79 Å². The van der Waals surface area contributed by atoms with Crippen molar-refractivity contribution in [2.45, 2.75) is 39.0 Å². The molecule has 1 aliphatic carbocycles. The average Bonchev–Trinajstić information content (AvgIpc) is 3.27. The Morgan fingerprint density at radius 1 is 1.33 bits per heavy atom. The Balaban J connectivity index is 1.65. The molecule has 0 unspecified atom stereocenters. The fraction of sp³-hybridized carbons (Fsp3) is 0.389. The van der Waals surface area contributed by atoms with Gasteiger partial charge in [-0.15, -0.1) is 16.4 Å². The summed E-state index contributed by atoms with van der Waals surface area (Å²) < 4.78 is 6.78. The monoisotopic (exact) mass is 385 g/mol. The Morgan fingerprint density at radius 2 is 2.19 bits per heavy atom. The van der Waals surface area contributed by atoms with Gasteiger partial charge < -0.3 is 10.1 Å². The van der Waals surface area contributed by atoms with Crippen molar-refractivity contribution in [3.8, 4) is 0 Å². The van der Waals surface area contributed by atoms with Gasteiger partial charge in [-0.2, -0.15) is 4.98 Å². The maximum absolute atomic E-state index is 12.7. The normalized spacial score (nSPS) is 13.4. The molecule has 1 aliphatic rings. The van der Waals surface area contributed by atoms with Gasteiger partial charge in [0.2, 0.25) is 5.82 Å². The van der Waals surface area contributed by atoms with E-state index in [4.69, 9.17) is 4.74 Å². The van der Waals surface area contributed by atoms with Gasteiger partial charge in [-0.1, -0.05) is 6.92 Å². The lowest BCUT2D eigenvalue weighted by Crippen LogP contribution is -2.17. The van der Waals surface area contributed by atoms with E-state index >= 15 is 0 Å². The number of thiophene rings is 1. The zero-order valence-electron chi connectivity index (χ0n) is 14.9. The average molecular weight is 385 g/mol. The molecule has 140 valence electrons. The molecule has 0 aromatic carbocycles. The van der Waals surface area contributed by atoms with Crippen LogP contribution in [0, 0.1) is 0 Å². The molecule has 3 heterocycles. The summed E-state index contributed by atoms with van der Waals surface area (Å²) in [6, 6.07) is 1.71. The number of ether oxygens (including phenoxy) is 1. The van der Waals surface area contributed by atoms with E-state index in [1.165, 1.54) is 15.9 Å². The number of carbonyl (C=O) groups is 2. The SMILES string of the molecule is CCCOC(=O)c1c(NC(=O)c2nc3ncccn3n2)sc2c1CCCC2. The number of aryl methyl sites for hydroxylation is 1. The second-order valence-electron chi connectivity index (χ2n) is 6.30. The molecule has 0 aliphatic heterocycles. The number of nitrogens with zero attached hydrogens (tertiary/aromatic N) is 4. The van der Waals surface area contributed by atoms with Gasteiger partial charge in [-0.05, 0) is 43.7 Å². The molecule has 8 nitrogen and oxygen atoms in total. The second-order valence-corrected chi connectivity index (χ2v) is 7.41. The number of aromatic nitrogens is 4. The van der Waals surface area contributed by atoms with Crippen LogP contribution in [0.1, 0.15) is 57.6 Å². The number of carbonyl (C=O) groups excluding carboxylic acids is 2. The van der Waals surface area contributed by atoms with Gasteiger partial charge in [0.25, 0.3) is 11.7 Å². The van der Waals surface area contributed by atoms with Gasteiger partial charge in [0, 0.05) is 17.3 Å². The van der Waals surface area contributed by atoms with Crippen LogP contribution in [0.15, 0.2) is 18.5 Å². The van der Waals surface area contributed by atoms with Crippen LogP contribution in [0.3, 0.4) is 0 Å². The van der Waals surface area contributed by atoms with E-state index in [1.54, 1.807) is 18.5 Å². The summed E-state index contributed by atoms with van der Waals surface area (Å²) in [4.78, 5) is 34.6. The van der Waals surface area contributed by atoms with Crippen molar-refractivity contribution < 1.29 is 14.3 Å². The standard InChI is InChI=1S/C18H19N5O3S/c1-2-10-26-17(25)13-11-6-3-4-7-12(11)27-16(13)21-15(24)14-20-18-19-8-5-9-23(18)22-14/h5,8-9H,2-4,6-7,10H2,1H3,(H,21,24). The topological polar surface area (TPSA) is 98.5 Å². The van der Waals surface area contributed by atoms with Crippen LogP contribution in [-0.2, 0) is 17.6 Å². The lowest BCUT2D eigenvalue weighted by atomic mass is 9.95. The summed E-state index contributed by atoms with van der Waals surface area (Å²) in [5, 5.41) is 7.46. The number of hydrogen-bond acceptors (Lipinski definition) is 7. The van der Waals surface area contributed by atoms with Crippen molar-refractivity contribution in [1.82, 2.24) is 19.6 Å². The Bertz CT molecular complexity index is 977. The molecule has 3 aromatic rings. The summed E-state index contributed by atoms with van der Waals surface area (Å²) >= 11 is 1.44. The molecule has 0 atom stereocenters. The molecular formula is C18H19N5O3S. The largest absolute Gasteiger partial charge is 0.462 e. The summed E-state index contributed by atoms with van der Waals surface area (Å²) in [5.41, 5.74) is 1.49. The summed E-state index contributed by atoms with van der Waals surface area (Å²) in [6.07, 6.45) is 7.87. The van der Waals surface area contributed by atoms with Crippen molar-refractivity contribution in [3.05, 3.63) is 40.3 Å². The first-order chi connectivity index (χ1) is 13.2. The third kappa shape index (κ3) is 3.42. The number of nitrogens with one attached hydrogen (secondary N) is 1. The fourth-order valence-corrected chi connectivity index (χ4v) is 4.40. The highest BCUT2D eigenvalue weighted by atomic mass is 32.1. The molecule has 1 N–H and O–H groups in total. The van der Waals surface area contributed by atoms with Gasteiger partial charge in [-0.25, -0.2) is 14.3 Å². The lowest BCUT2D eigenvalue weighted by Gasteiger charge is -2.12. The highest BCUT2D eigenvalue weighted by Gasteiger charge is 2.28. The highest BCUT2D eigenvalue weighted by Crippen LogP contribution is 2.38. The smallest absolute Gasteiger partial charge is 0.341 e. The molecule has 0 fully saturated rings. The minimum Gasteiger partial charge on any atom is -0.462 e. The van der Waals surface area contributed by atoms with E-state index in [2.05, 4.69) is 20.4 Å². The van der Waals surface area contributed by atoms with E-state index < -0.39 is 5.91 Å². The maximum Gasteiger partial charge on any atom is 0.341 e. The molecule has 0 radical (unpaired) electrons. The van der Waals surface area contributed by atoms with Crippen molar-refractivity contribution >= 4 is 34.0 Å². The molecule has 0 saturated heterocycles. The fourth-order valence-electron chi connectivity index (χ4n) is 3.12. The van der Waals surface area contributed by atoms with E-state index in [1.807, 2.05) is 6.92 Å². The highest BCUT2D eigenvalue weighted by molar-refractivity contribution is 7.17. The molecule has 27 heavy (non-hydrogen) atoms. The molecule has 4 rings (SSSR count). The summed E-state index contributed by atoms with van der Waals surface area (Å²) in [7, 11) is 0. The van der Waals surface area contributed by atoms with Crippen LogP contribution < -0.4 is 5.32 Å². The Hall–Kier alpha value is -2.81. The zero-order chi connectivity index (χ0) is 18.8. The van der Waals surface area contributed by atoms with E-state index in [-0.39, 0.29) is 11.8 Å². The Labute approximate surface area is 159 Å². The van der Waals surface area contributed by atoms with Crippen molar-refractivity contribution in [3.63, 3.8) is 0 Å². The maximum atomic E-state index is 12.7. The van der Waals surface area contributed by atoms with Gasteiger partial charge in [0.15, 0.2) is 0 Å². The first-order valence-electron chi connectivity index (χ1n) is 8.97. The number of fused-ring (bicyclic) bond motifs is 2. The van der Waals surface area contributed by atoms with Crippen molar-refractivity contribution in [2.75, 3.05) is 11.9 Å². The first-order valence-corrected chi connectivity index (χ1v) is 9.79. The van der Waals surface area contributed by atoms with Crippen molar-refractivity contribution in [2.24, 2.45) is 0 Å². The number of rotatable bonds is 5. The Kier molecular flexibility index (Phi) is 4.85. The molecule has 0 saturated carbocycles. The molecule has 9 heteroatoms. The zero-order valence-corrected chi connectivity index (χ0v) is 15.7. The van der Waals surface area contributed by atoms with Crippen LogP contribution >= 0.6 is 11.3 Å². The van der Waals surface area contributed by atoms with E-state index in [0.29, 0.717) is 22.9 Å². The third-order valence-electron chi connectivity index (χ3n) is 4.36. The molecule has 3 aromatic heterocycles. The third-order valence-corrected chi connectivity index (χ3v) is 5.57. The molecule has 0 spiro atoms. The summed E-state index contributed by atoms with van der Waals surface area (Å²) in [6.45, 7) is 2.30. The number of amides is 1. The summed E-state index contributed by atoms with van der Waals surface area (Å²) in [5.74, 6) is -0.497. The predicted molar refractivity (Wildman–Crippen MR) is 100 cm³/mol. The van der Waals surface area contributed by atoms with Crippen LogP contribution in [0.25, 0.3) is 5.78 Å². The first kappa shape index (κ1) is 17.6. The predicted octanol–water partition coefficient (Wildman–Crippen LogP) is 2.88. The van der Waals surface area contributed by atoms with Gasteiger partial charge in [0.05, 0.1) is 12.2 Å². The van der Waals surface area contributed by atoms with Crippen molar-refractivity contribution in [1.29, 1.82) is 0 Å². The Morgan fingerprint density at radius 3 is 3.00 bits per heavy atom. The number of hydrogen-bond donors (Lipinski definition) is 1. The van der Waals surface area contributed by atoms with Gasteiger partial charge >= 0.3 is 5.97 Å². The van der Waals surface area contributed by atoms with Crippen LogP contribution in [-0.4, -0.2) is 38.1 Å². The lowest BCUT2D eigenvalue weighted by molar-refractivity contribution is 0.0505. The minimum atomic E-state index is -0.469. The van der Waals surface area contributed by atoms with Crippen LogP contribution in [0.2, 0.25) is 0 Å². The van der Waals surface area contributed by atoms with Crippen LogP contribution in [0.5, 0.6) is 0 Å². The van der Waals surface area contributed by atoms with E-state index in [9.17, 15) is 9.59 Å². The number of anilines is 1. The quantitative estimate of drug-likeness (QED) is 0.678. The molecule has 0 bridgehead atoms. The molecule has 1 amide bonds.